The van der Waals surface area contributed by atoms with Crippen LogP contribution in [0, 0.1) is 5.92 Å². The van der Waals surface area contributed by atoms with Gasteiger partial charge in [-0.15, -0.1) is 11.3 Å². The number of rotatable bonds is 4. The highest BCUT2D eigenvalue weighted by atomic mass is 32.1. The number of benzene rings is 1. The Balaban J connectivity index is 1.45. The van der Waals surface area contributed by atoms with Crippen molar-refractivity contribution >= 4 is 22.9 Å². The van der Waals surface area contributed by atoms with Crippen LogP contribution in [0.4, 0.5) is 5.69 Å². The first kappa shape index (κ1) is 16.9. The maximum atomic E-state index is 12.7. The summed E-state index contributed by atoms with van der Waals surface area (Å²) >= 11 is 1.69. The minimum Gasteiger partial charge on any atom is -0.326 e. The summed E-state index contributed by atoms with van der Waals surface area (Å²) in [5, 5.41) is 4.07. The molecule has 4 rings (SSSR count). The highest BCUT2D eigenvalue weighted by Crippen LogP contribution is 2.34. The van der Waals surface area contributed by atoms with E-state index in [0.29, 0.717) is 0 Å². The van der Waals surface area contributed by atoms with Gasteiger partial charge < -0.3 is 5.32 Å². The molecule has 1 amide bonds. The average Bonchev–Trinajstić information content (AvgIpc) is 3.12. The molecule has 0 fully saturated rings. The van der Waals surface area contributed by atoms with Crippen LogP contribution in [0.2, 0.25) is 0 Å². The van der Waals surface area contributed by atoms with E-state index in [4.69, 9.17) is 4.98 Å². The van der Waals surface area contributed by atoms with E-state index in [2.05, 4.69) is 29.4 Å². The third-order valence-electron chi connectivity index (χ3n) is 4.85. The molecule has 0 aliphatic heterocycles. The molecule has 1 N–H and O–H groups in total. The first-order valence-corrected chi connectivity index (χ1v) is 9.83. The van der Waals surface area contributed by atoms with Crippen molar-refractivity contribution in [3.05, 3.63) is 64.9 Å². The van der Waals surface area contributed by atoms with E-state index in [9.17, 15) is 4.79 Å². The van der Waals surface area contributed by atoms with Crippen LogP contribution in [0.1, 0.15) is 29.5 Å². The van der Waals surface area contributed by atoms with Crippen LogP contribution in [0.3, 0.4) is 0 Å². The fourth-order valence-corrected chi connectivity index (χ4v) is 4.46. The topological polar surface area (TPSA) is 54.9 Å². The van der Waals surface area contributed by atoms with Gasteiger partial charge in [0.1, 0.15) is 5.01 Å². The van der Waals surface area contributed by atoms with Crippen LogP contribution in [0.25, 0.3) is 10.6 Å². The quantitative estimate of drug-likeness (QED) is 0.742. The second-order valence-electron chi connectivity index (χ2n) is 6.61. The summed E-state index contributed by atoms with van der Waals surface area (Å²) in [6, 6.07) is 12.1. The van der Waals surface area contributed by atoms with Crippen molar-refractivity contribution < 1.29 is 4.79 Å². The van der Waals surface area contributed by atoms with E-state index < -0.39 is 0 Å². The molecular formula is C21H21N3OS. The van der Waals surface area contributed by atoms with Crippen LogP contribution in [0.5, 0.6) is 0 Å². The largest absolute Gasteiger partial charge is 0.326 e. The van der Waals surface area contributed by atoms with Crippen molar-refractivity contribution in [2.75, 3.05) is 5.32 Å². The number of hydrogen-bond acceptors (Lipinski definition) is 4. The number of amides is 1. The lowest BCUT2D eigenvalue weighted by Crippen LogP contribution is -2.27. The number of hydrogen-bond donors (Lipinski definition) is 1. The molecule has 1 aromatic carbocycles. The van der Waals surface area contributed by atoms with Crippen molar-refractivity contribution in [2.45, 2.75) is 32.6 Å². The number of nitrogens with zero attached hydrogens (tertiary/aromatic N) is 2. The Morgan fingerprint density at radius 2 is 2.12 bits per heavy atom. The van der Waals surface area contributed by atoms with Gasteiger partial charge >= 0.3 is 0 Å². The zero-order valence-electron chi connectivity index (χ0n) is 14.7. The number of carbonyl (C=O) groups excluding carboxylic acids is 1. The standard InChI is InChI=1S/C21H21N3OS/c1-2-14-5-8-17(9-6-14)23-20(25)15-7-10-18-19(12-15)26-21(24-18)16-4-3-11-22-13-16/h3-6,8-9,11,13,15H,2,7,10,12H2,1H3,(H,23,25). The molecular weight excluding hydrogens is 342 g/mol. The Hall–Kier alpha value is -2.53. The van der Waals surface area contributed by atoms with Gasteiger partial charge in [-0.1, -0.05) is 19.1 Å². The minimum atomic E-state index is 0.00977. The molecule has 26 heavy (non-hydrogen) atoms. The zero-order chi connectivity index (χ0) is 17.9. The van der Waals surface area contributed by atoms with Gasteiger partial charge in [0.05, 0.1) is 5.69 Å². The summed E-state index contributed by atoms with van der Waals surface area (Å²) in [6.45, 7) is 2.13. The van der Waals surface area contributed by atoms with E-state index >= 15 is 0 Å². The summed E-state index contributed by atoms with van der Waals surface area (Å²) in [4.78, 5) is 22.8. The van der Waals surface area contributed by atoms with Gasteiger partial charge in [-0.2, -0.15) is 0 Å². The van der Waals surface area contributed by atoms with E-state index in [1.807, 2.05) is 30.5 Å². The maximum Gasteiger partial charge on any atom is 0.227 e. The zero-order valence-corrected chi connectivity index (χ0v) is 15.6. The molecule has 3 aromatic rings. The molecule has 0 radical (unpaired) electrons. The molecule has 2 aromatic heterocycles. The Morgan fingerprint density at radius 1 is 1.27 bits per heavy atom. The number of anilines is 1. The number of pyridine rings is 1. The highest BCUT2D eigenvalue weighted by Gasteiger charge is 2.27. The monoisotopic (exact) mass is 363 g/mol. The van der Waals surface area contributed by atoms with E-state index in [1.54, 1.807) is 17.5 Å². The number of carbonyl (C=O) groups is 1. The molecule has 0 spiro atoms. The van der Waals surface area contributed by atoms with Gasteiger partial charge in [0, 0.05) is 34.4 Å². The van der Waals surface area contributed by atoms with Crippen LogP contribution in [0.15, 0.2) is 48.8 Å². The van der Waals surface area contributed by atoms with Crippen LogP contribution in [-0.4, -0.2) is 15.9 Å². The molecule has 0 bridgehead atoms. The lowest BCUT2D eigenvalue weighted by atomic mass is 9.90. The number of aromatic nitrogens is 2. The first-order chi connectivity index (χ1) is 12.7. The van der Waals surface area contributed by atoms with E-state index in [-0.39, 0.29) is 11.8 Å². The van der Waals surface area contributed by atoms with Gasteiger partial charge in [-0.25, -0.2) is 4.98 Å². The molecule has 0 saturated heterocycles. The fraction of sp³-hybridized carbons (Fsp3) is 0.286. The average molecular weight is 363 g/mol. The first-order valence-electron chi connectivity index (χ1n) is 9.01. The van der Waals surface area contributed by atoms with Gasteiger partial charge in [0.25, 0.3) is 0 Å². The van der Waals surface area contributed by atoms with Crippen LogP contribution < -0.4 is 5.32 Å². The third-order valence-corrected chi connectivity index (χ3v) is 6.02. The summed E-state index contributed by atoms with van der Waals surface area (Å²) in [7, 11) is 0. The van der Waals surface area contributed by atoms with Crippen molar-refractivity contribution in [1.29, 1.82) is 0 Å². The molecule has 1 atom stereocenters. The van der Waals surface area contributed by atoms with Gasteiger partial charge in [0.15, 0.2) is 0 Å². The molecule has 5 heteroatoms. The molecule has 4 nitrogen and oxygen atoms in total. The molecule has 1 aliphatic rings. The molecule has 132 valence electrons. The van der Waals surface area contributed by atoms with Crippen molar-refractivity contribution in [1.82, 2.24) is 9.97 Å². The summed E-state index contributed by atoms with van der Waals surface area (Å²) < 4.78 is 0. The third kappa shape index (κ3) is 3.53. The van der Waals surface area contributed by atoms with Crippen molar-refractivity contribution in [3.63, 3.8) is 0 Å². The minimum absolute atomic E-state index is 0.00977. The fourth-order valence-electron chi connectivity index (χ4n) is 3.28. The Morgan fingerprint density at radius 3 is 2.85 bits per heavy atom. The summed E-state index contributed by atoms with van der Waals surface area (Å²) in [6.07, 6.45) is 7.09. The highest BCUT2D eigenvalue weighted by molar-refractivity contribution is 7.15. The second kappa shape index (κ2) is 7.38. The normalized spacial score (nSPS) is 16.1. The smallest absolute Gasteiger partial charge is 0.227 e. The number of fused-ring (bicyclic) bond motifs is 1. The Kier molecular flexibility index (Phi) is 4.80. The lowest BCUT2D eigenvalue weighted by Gasteiger charge is -2.20. The predicted molar refractivity (Wildman–Crippen MR) is 105 cm³/mol. The molecule has 2 heterocycles. The molecule has 1 aliphatic carbocycles. The number of nitrogens with one attached hydrogen (secondary N) is 1. The maximum absolute atomic E-state index is 12.7. The SMILES string of the molecule is CCc1ccc(NC(=O)C2CCc3nc(-c4cccnc4)sc3C2)cc1. The van der Waals surface area contributed by atoms with Crippen molar-refractivity contribution in [2.24, 2.45) is 5.92 Å². The van der Waals surface area contributed by atoms with Gasteiger partial charge in [-0.3, -0.25) is 9.78 Å². The van der Waals surface area contributed by atoms with Crippen LogP contribution >= 0.6 is 11.3 Å². The lowest BCUT2D eigenvalue weighted by molar-refractivity contribution is -0.120. The molecule has 0 saturated carbocycles. The predicted octanol–water partition coefficient (Wildman–Crippen LogP) is 4.51. The Bertz CT molecular complexity index is 903. The second-order valence-corrected chi connectivity index (χ2v) is 7.69. The van der Waals surface area contributed by atoms with Crippen molar-refractivity contribution in [3.8, 4) is 10.6 Å². The van der Waals surface area contributed by atoms with Crippen LogP contribution in [-0.2, 0) is 24.1 Å². The number of aryl methyl sites for hydroxylation is 2. The van der Waals surface area contributed by atoms with E-state index in [0.717, 1.165) is 47.6 Å². The summed E-state index contributed by atoms with van der Waals surface area (Å²) in [5.41, 5.74) is 4.34. The molecule has 1 unspecified atom stereocenters. The van der Waals surface area contributed by atoms with Gasteiger partial charge in [-0.05, 0) is 55.5 Å². The van der Waals surface area contributed by atoms with Gasteiger partial charge in [0.2, 0.25) is 5.91 Å². The Labute approximate surface area is 157 Å². The van der Waals surface area contributed by atoms with E-state index in [1.165, 1.54) is 10.4 Å². The summed E-state index contributed by atoms with van der Waals surface area (Å²) in [5.74, 6) is 0.117. The number of thiazole rings is 1.